The molecule has 0 aliphatic heterocycles. The van der Waals surface area contributed by atoms with Gasteiger partial charge in [-0.15, -0.1) is 0 Å². The summed E-state index contributed by atoms with van der Waals surface area (Å²) < 4.78 is 0. The third-order valence-electron chi connectivity index (χ3n) is 4.49. The topological polar surface area (TPSA) is 165 Å². The van der Waals surface area contributed by atoms with Crippen molar-refractivity contribution >= 4 is 17.4 Å². The molecule has 3 rings (SSSR count). The molecule has 32 heavy (non-hydrogen) atoms. The van der Waals surface area contributed by atoms with Crippen LogP contribution >= 0.6 is 0 Å². The molecule has 9 heteroatoms. The zero-order valence-electron chi connectivity index (χ0n) is 17.2. The van der Waals surface area contributed by atoms with Gasteiger partial charge >= 0.3 is 0 Å². The molecule has 0 bridgehead atoms. The third kappa shape index (κ3) is 4.96. The molecule has 0 spiro atoms. The van der Waals surface area contributed by atoms with Gasteiger partial charge in [-0.3, -0.25) is 9.59 Å². The number of para-hydroxylation sites is 1. The number of carbonyl (C=O) groups excluding carboxylic acids is 2. The molecule has 1 aromatic heterocycles. The Hall–Kier alpha value is -4.53. The average Bonchev–Trinajstić information content (AvgIpc) is 2.76. The number of amides is 2. The third-order valence-corrected chi connectivity index (χ3v) is 4.49. The maximum absolute atomic E-state index is 11.4. The van der Waals surface area contributed by atoms with E-state index in [0.717, 1.165) is 0 Å². The number of phenolic OH excluding ortho intramolecular Hbond substituents is 2. The number of nitrogens with two attached hydrogens (primary N) is 2. The molecule has 9 nitrogen and oxygen atoms in total. The van der Waals surface area contributed by atoms with Crippen molar-refractivity contribution in [1.82, 2.24) is 15.0 Å². The summed E-state index contributed by atoms with van der Waals surface area (Å²) in [5.41, 5.74) is 11.8. The maximum Gasteiger partial charge on any atom is 0.248 e. The molecule has 6 N–H and O–H groups in total. The lowest BCUT2D eigenvalue weighted by Gasteiger charge is -2.11. The summed E-state index contributed by atoms with van der Waals surface area (Å²) >= 11 is 0. The van der Waals surface area contributed by atoms with Gasteiger partial charge in [0, 0.05) is 17.6 Å². The molecule has 3 aromatic rings. The zero-order chi connectivity index (χ0) is 23.3. The fourth-order valence-corrected chi connectivity index (χ4v) is 2.88. The maximum atomic E-state index is 11.4. The molecule has 0 unspecified atom stereocenters. The summed E-state index contributed by atoms with van der Waals surface area (Å²) in [6.45, 7) is 1.77. The number of nitrogens with zero attached hydrogens (tertiary/aromatic N) is 3. The average molecular weight is 431 g/mol. The summed E-state index contributed by atoms with van der Waals surface area (Å²) in [5.74, 6) is -0.914. The second-order valence-corrected chi connectivity index (χ2v) is 6.74. The number of rotatable bonds is 7. The highest BCUT2D eigenvalue weighted by atomic mass is 16.3. The number of carbonyl (C=O) groups is 2. The van der Waals surface area contributed by atoms with Gasteiger partial charge in [-0.25, -0.2) is 15.0 Å². The van der Waals surface area contributed by atoms with Gasteiger partial charge in [0.15, 0.2) is 17.5 Å². The van der Waals surface area contributed by atoms with E-state index in [1.54, 1.807) is 43.4 Å². The smallest absolute Gasteiger partial charge is 0.248 e. The number of primary amides is 2. The fraction of sp³-hybridized carbons (Fsp3) is 0.0870. The Labute approximate surface area is 183 Å². The van der Waals surface area contributed by atoms with Crippen molar-refractivity contribution in [3.05, 3.63) is 72.1 Å². The van der Waals surface area contributed by atoms with Gasteiger partial charge in [0.2, 0.25) is 11.8 Å². The SMILES string of the molecule is C/C=C(\C=C/CC(N)=O)c1nc(-c2ccccc2O)nc(-c2ccc(C(N)=O)cc2O)n1. The Balaban J connectivity index is 2.19. The minimum Gasteiger partial charge on any atom is -0.507 e. The van der Waals surface area contributed by atoms with Crippen molar-refractivity contribution in [2.45, 2.75) is 13.3 Å². The van der Waals surface area contributed by atoms with Crippen molar-refractivity contribution in [3.63, 3.8) is 0 Å². The molecular formula is C23H21N5O4. The van der Waals surface area contributed by atoms with Crippen LogP contribution in [-0.4, -0.2) is 37.0 Å². The molecule has 2 amide bonds. The van der Waals surface area contributed by atoms with Gasteiger partial charge in [-0.1, -0.05) is 30.4 Å². The molecule has 0 saturated carbocycles. The van der Waals surface area contributed by atoms with Crippen molar-refractivity contribution in [2.24, 2.45) is 11.5 Å². The fourth-order valence-electron chi connectivity index (χ4n) is 2.88. The van der Waals surface area contributed by atoms with Crippen LogP contribution in [0.5, 0.6) is 11.5 Å². The van der Waals surface area contributed by atoms with Crippen LogP contribution in [-0.2, 0) is 4.79 Å². The molecule has 0 aliphatic rings. The van der Waals surface area contributed by atoms with E-state index in [9.17, 15) is 19.8 Å². The Morgan fingerprint density at radius 3 is 2.16 bits per heavy atom. The molecule has 0 radical (unpaired) electrons. The van der Waals surface area contributed by atoms with Crippen LogP contribution in [0, 0.1) is 0 Å². The van der Waals surface area contributed by atoms with Gasteiger partial charge in [-0.05, 0) is 37.3 Å². The Kier molecular flexibility index (Phi) is 6.59. The van der Waals surface area contributed by atoms with E-state index >= 15 is 0 Å². The molecule has 162 valence electrons. The van der Waals surface area contributed by atoms with Crippen LogP contribution in [0.4, 0.5) is 0 Å². The van der Waals surface area contributed by atoms with E-state index in [2.05, 4.69) is 15.0 Å². The molecule has 1 heterocycles. The van der Waals surface area contributed by atoms with E-state index < -0.39 is 11.8 Å². The first-order chi connectivity index (χ1) is 15.3. The highest BCUT2D eigenvalue weighted by molar-refractivity contribution is 5.94. The molecule has 0 saturated heterocycles. The van der Waals surface area contributed by atoms with Gasteiger partial charge < -0.3 is 21.7 Å². The van der Waals surface area contributed by atoms with E-state index in [1.807, 2.05) is 0 Å². The summed E-state index contributed by atoms with van der Waals surface area (Å²) in [7, 11) is 0. The lowest BCUT2D eigenvalue weighted by molar-refractivity contribution is -0.117. The monoisotopic (exact) mass is 431 g/mol. The largest absolute Gasteiger partial charge is 0.507 e. The van der Waals surface area contributed by atoms with E-state index in [4.69, 9.17) is 11.5 Å². The van der Waals surface area contributed by atoms with Crippen LogP contribution in [0.25, 0.3) is 28.3 Å². The van der Waals surface area contributed by atoms with Gasteiger partial charge in [0.05, 0.1) is 11.1 Å². The first-order valence-electron chi connectivity index (χ1n) is 9.59. The molecule has 0 aliphatic carbocycles. The quantitative estimate of drug-likeness (QED) is 0.417. The number of benzene rings is 2. The van der Waals surface area contributed by atoms with Crippen molar-refractivity contribution < 1.29 is 19.8 Å². The number of hydrogen-bond acceptors (Lipinski definition) is 7. The van der Waals surface area contributed by atoms with E-state index in [1.165, 1.54) is 24.3 Å². The summed E-state index contributed by atoms with van der Waals surface area (Å²) in [6.07, 6.45) is 5.01. The van der Waals surface area contributed by atoms with Crippen LogP contribution in [0.1, 0.15) is 29.5 Å². The molecular weight excluding hydrogens is 410 g/mol. The molecule has 0 atom stereocenters. The van der Waals surface area contributed by atoms with Gasteiger partial charge in [0.1, 0.15) is 11.5 Å². The van der Waals surface area contributed by atoms with Crippen LogP contribution < -0.4 is 11.5 Å². The van der Waals surface area contributed by atoms with Crippen molar-refractivity contribution in [1.29, 1.82) is 0 Å². The number of aromatic hydroxyl groups is 2. The number of allylic oxidation sites excluding steroid dienone is 3. The van der Waals surface area contributed by atoms with Crippen LogP contribution in [0.3, 0.4) is 0 Å². The van der Waals surface area contributed by atoms with Crippen molar-refractivity contribution in [3.8, 4) is 34.3 Å². The van der Waals surface area contributed by atoms with Gasteiger partial charge in [-0.2, -0.15) is 0 Å². The second-order valence-electron chi connectivity index (χ2n) is 6.74. The number of aromatic nitrogens is 3. The minimum atomic E-state index is -0.686. The number of phenols is 2. The van der Waals surface area contributed by atoms with E-state index in [-0.39, 0.29) is 46.5 Å². The Morgan fingerprint density at radius 1 is 0.938 bits per heavy atom. The minimum absolute atomic E-state index is 0.0322. The normalized spacial score (nSPS) is 11.6. The Bertz CT molecular complexity index is 1250. The summed E-state index contributed by atoms with van der Waals surface area (Å²) in [6, 6.07) is 10.7. The predicted molar refractivity (Wildman–Crippen MR) is 119 cm³/mol. The lowest BCUT2D eigenvalue weighted by atomic mass is 10.1. The van der Waals surface area contributed by atoms with E-state index in [0.29, 0.717) is 11.1 Å². The second kappa shape index (κ2) is 9.52. The molecule has 0 fully saturated rings. The van der Waals surface area contributed by atoms with Crippen LogP contribution in [0.15, 0.2) is 60.7 Å². The number of hydrogen-bond donors (Lipinski definition) is 4. The standard InChI is InChI=1S/C23H21N5O4/c1-2-13(6-5-9-19(24)31)21-26-22(15-7-3-4-8-17(15)29)28-23(27-21)16-11-10-14(20(25)32)12-18(16)30/h2-8,10-12,29-30H,9H2,1H3,(H2,24,31)(H2,25,32)/b6-5-,13-2+. The van der Waals surface area contributed by atoms with Crippen LogP contribution in [0.2, 0.25) is 0 Å². The highest BCUT2D eigenvalue weighted by Gasteiger charge is 2.17. The predicted octanol–water partition coefficient (Wildman–Crippen LogP) is 2.55. The lowest BCUT2D eigenvalue weighted by Crippen LogP contribution is -2.10. The first-order valence-corrected chi connectivity index (χ1v) is 9.59. The van der Waals surface area contributed by atoms with Gasteiger partial charge in [0.25, 0.3) is 0 Å². The summed E-state index contributed by atoms with van der Waals surface area (Å²) in [4.78, 5) is 35.8. The Morgan fingerprint density at radius 2 is 1.59 bits per heavy atom. The highest BCUT2D eigenvalue weighted by Crippen LogP contribution is 2.32. The molecule has 2 aromatic carbocycles. The van der Waals surface area contributed by atoms with Crippen molar-refractivity contribution in [2.75, 3.05) is 0 Å². The first kappa shape index (κ1) is 22.2. The zero-order valence-corrected chi connectivity index (χ0v) is 17.2. The summed E-state index contributed by atoms with van der Waals surface area (Å²) in [5, 5.41) is 20.7.